The van der Waals surface area contributed by atoms with Gasteiger partial charge in [-0.05, 0) is 54.4 Å². The first kappa shape index (κ1) is 22.2. The molecule has 2 aromatic carbocycles. The van der Waals surface area contributed by atoms with Gasteiger partial charge in [0.15, 0.2) is 21.3 Å². The predicted octanol–water partition coefficient (Wildman–Crippen LogP) is 2.75. The third-order valence-corrected chi connectivity index (χ3v) is 8.52. The number of benzene rings is 2. The third-order valence-electron chi connectivity index (χ3n) is 5.00. The molecule has 0 saturated heterocycles. The molecule has 4 rings (SSSR count). The number of aromatic nitrogens is 1. The number of nitrogens with zero attached hydrogens (tertiary/aromatic N) is 1. The summed E-state index contributed by atoms with van der Waals surface area (Å²) < 4.78 is 78.9. The number of rotatable bonds is 7. The van der Waals surface area contributed by atoms with E-state index in [4.69, 9.17) is 9.47 Å². The van der Waals surface area contributed by atoms with Crippen LogP contribution in [0.3, 0.4) is 0 Å². The van der Waals surface area contributed by atoms with E-state index in [2.05, 4.69) is 9.71 Å². The lowest BCUT2D eigenvalue weighted by Gasteiger charge is -2.19. The minimum atomic E-state index is -4.09. The summed E-state index contributed by atoms with van der Waals surface area (Å²) >= 11 is 0. The minimum Gasteiger partial charge on any atom is -0.454 e. The molecule has 1 aliphatic rings. The highest BCUT2D eigenvalue weighted by molar-refractivity contribution is 7.92. The summed E-state index contributed by atoms with van der Waals surface area (Å²) in [6, 6.07) is 10.7. The van der Waals surface area contributed by atoms with Crippen molar-refractivity contribution in [3.8, 4) is 11.5 Å². The Morgan fingerprint density at radius 3 is 2.50 bits per heavy atom. The van der Waals surface area contributed by atoms with Crippen LogP contribution in [0.2, 0.25) is 0 Å². The van der Waals surface area contributed by atoms with E-state index in [1.807, 2.05) is 0 Å². The van der Waals surface area contributed by atoms with Crippen LogP contribution in [0.1, 0.15) is 16.4 Å². The number of hydrogen-bond donors (Lipinski definition) is 1. The molecule has 1 N–H and O–H groups in total. The average molecular weight is 479 g/mol. The second-order valence-electron chi connectivity index (χ2n) is 7.10. The van der Waals surface area contributed by atoms with Gasteiger partial charge in [0.25, 0.3) is 0 Å². The highest BCUT2D eigenvalue weighted by Gasteiger charge is 2.32. The van der Waals surface area contributed by atoms with Crippen molar-refractivity contribution in [2.24, 2.45) is 0 Å². The number of pyridine rings is 1. The van der Waals surface area contributed by atoms with Crippen LogP contribution in [0, 0.1) is 12.7 Å². The SMILES string of the molecule is Cc1cc(S(=O)(=O)[C@@H](CNS(=O)(=O)c2ccc3c(c2)OCO3)c2cccnc2)ccc1F. The Morgan fingerprint density at radius 1 is 1.03 bits per heavy atom. The van der Waals surface area contributed by atoms with Gasteiger partial charge in [0.05, 0.1) is 9.79 Å². The molecule has 0 saturated carbocycles. The second kappa shape index (κ2) is 8.49. The molecule has 0 amide bonds. The minimum absolute atomic E-state index is 0.00925. The lowest BCUT2D eigenvalue weighted by Crippen LogP contribution is -2.32. The topological polar surface area (TPSA) is 112 Å². The van der Waals surface area contributed by atoms with Gasteiger partial charge in [0, 0.05) is 25.0 Å². The monoisotopic (exact) mass is 478 g/mol. The molecule has 3 aromatic rings. The predicted molar refractivity (Wildman–Crippen MR) is 113 cm³/mol. The van der Waals surface area contributed by atoms with Crippen molar-refractivity contribution < 1.29 is 30.7 Å². The highest BCUT2D eigenvalue weighted by Crippen LogP contribution is 2.34. The molecule has 32 heavy (non-hydrogen) atoms. The molecule has 0 unspecified atom stereocenters. The third kappa shape index (κ3) is 4.31. The van der Waals surface area contributed by atoms with Crippen molar-refractivity contribution in [2.75, 3.05) is 13.3 Å². The van der Waals surface area contributed by atoms with Gasteiger partial charge in [0.1, 0.15) is 11.1 Å². The largest absolute Gasteiger partial charge is 0.454 e. The van der Waals surface area contributed by atoms with E-state index in [1.165, 1.54) is 43.6 Å². The highest BCUT2D eigenvalue weighted by atomic mass is 32.2. The molecule has 0 radical (unpaired) electrons. The molecule has 0 aliphatic carbocycles. The van der Waals surface area contributed by atoms with Crippen molar-refractivity contribution >= 4 is 19.9 Å². The molecule has 0 spiro atoms. The van der Waals surface area contributed by atoms with Crippen LogP contribution < -0.4 is 14.2 Å². The fourth-order valence-electron chi connectivity index (χ4n) is 3.24. The molecule has 0 fully saturated rings. The zero-order chi connectivity index (χ0) is 22.9. The van der Waals surface area contributed by atoms with Crippen LogP contribution in [-0.2, 0) is 19.9 Å². The van der Waals surface area contributed by atoms with Gasteiger partial charge in [-0.15, -0.1) is 0 Å². The van der Waals surface area contributed by atoms with Gasteiger partial charge >= 0.3 is 0 Å². The van der Waals surface area contributed by atoms with Crippen molar-refractivity contribution in [1.82, 2.24) is 9.71 Å². The van der Waals surface area contributed by atoms with Crippen molar-refractivity contribution in [3.05, 3.63) is 77.9 Å². The Morgan fingerprint density at radius 2 is 1.78 bits per heavy atom. The molecule has 168 valence electrons. The normalized spacial score (nSPS) is 14.3. The van der Waals surface area contributed by atoms with Crippen LogP contribution in [0.5, 0.6) is 11.5 Å². The lowest BCUT2D eigenvalue weighted by atomic mass is 10.2. The fourth-order valence-corrected chi connectivity index (χ4v) is 6.14. The Balaban J connectivity index is 1.67. The Kier molecular flexibility index (Phi) is 5.89. The number of sulfone groups is 1. The van der Waals surface area contributed by atoms with Crippen LogP contribution in [-0.4, -0.2) is 35.2 Å². The molecule has 1 atom stereocenters. The first-order valence-electron chi connectivity index (χ1n) is 9.48. The Bertz CT molecular complexity index is 1360. The van der Waals surface area contributed by atoms with E-state index < -0.39 is 37.5 Å². The molecule has 2 heterocycles. The summed E-state index contributed by atoms with van der Waals surface area (Å²) in [5.41, 5.74) is 0.458. The van der Waals surface area contributed by atoms with Crippen LogP contribution >= 0.6 is 0 Å². The summed E-state index contributed by atoms with van der Waals surface area (Å²) in [5.74, 6) is 0.169. The summed E-state index contributed by atoms with van der Waals surface area (Å²) in [6.45, 7) is 0.988. The second-order valence-corrected chi connectivity index (χ2v) is 11.0. The van der Waals surface area contributed by atoms with Crippen LogP contribution in [0.4, 0.5) is 4.39 Å². The van der Waals surface area contributed by atoms with Gasteiger partial charge < -0.3 is 9.47 Å². The standard InChI is InChI=1S/C21H19FN2O6S2/c1-14-9-16(4-6-18(14)22)31(25,26)21(15-3-2-8-23-11-15)12-24-32(27,28)17-5-7-19-20(10-17)30-13-29-19/h2-11,21,24H,12-13H2,1H3/t21-/m0/s1. The van der Waals surface area contributed by atoms with Gasteiger partial charge in [-0.25, -0.2) is 25.9 Å². The first-order chi connectivity index (χ1) is 15.2. The van der Waals surface area contributed by atoms with Gasteiger partial charge in [0.2, 0.25) is 16.8 Å². The van der Waals surface area contributed by atoms with Crippen molar-refractivity contribution in [1.29, 1.82) is 0 Å². The maximum Gasteiger partial charge on any atom is 0.240 e. The van der Waals surface area contributed by atoms with E-state index in [0.29, 0.717) is 11.3 Å². The van der Waals surface area contributed by atoms with Crippen LogP contribution in [0.15, 0.2) is 70.7 Å². The number of ether oxygens (including phenoxy) is 2. The van der Waals surface area contributed by atoms with Gasteiger partial charge in [-0.1, -0.05) is 6.07 Å². The molecular weight excluding hydrogens is 459 g/mol. The summed E-state index contributed by atoms with van der Waals surface area (Å²) in [4.78, 5) is 3.74. The molecule has 1 aromatic heterocycles. The van der Waals surface area contributed by atoms with Crippen LogP contribution in [0.25, 0.3) is 0 Å². The molecular formula is C21H19FN2O6S2. The van der Waals surface area contributed by atoms with E-state index in [0.717, 1.165) is 12.1 Å². The van der Waals surface area contributed by atoms with E-state index in [1.54, 1.807) is 12.1 Å². The number of fused-ring (bicyclic) bond motifs is 1. The smallest absolute Gasteiger partial charge is 0.240 e. The van der Waals surface area contributed by atoms with Crippen molar-refractivity contribution in [2.45, 2.75) is 22.0 Å². The first-order valence-corrected chi connectivity index (χ1v) is 12.5. The average Bonchev–Trinajstić information content (AvgIpc) is 3.24. The maximum absolute atomic E-state index is 13.7. The molecule has 11 heteroatoms. The molecule has 0 bridgehead atoms. The van der Waals surface area contributed by atoms with Gasteiger partial charge in [-0.3, -0.25) is 4.98 Å². The number of hydrogen-bond acceptors (Lipinski definition) is 7. The lowest BCUT2D eigenvalue weighted by molar-refractivity contribution is 0.174. The maximum atomic E-state index is 13.7. The number of aryl methyl sites for hydroxylation is 1. The quantitative estimate of drug-likeness (QED) is 0.520. The summed E-state index contributed by atoms with van der Waals surface area (Å²) in [5, 5.41) is -1.29. The van der Waals surface area contributed by atoms with E-state index in [9.17, 15) is 21.2 Å². The zero-order valence-electron chi connectivity index (χ0n) is 16.9. The zero-order valence-corrected chi connectivity index (χ0v) is 18.5. The van der Waals surface area contributed by atoms with Crippen molar-refractivity contribution in [3.63, 3.8) is 0 Å². The molecule has 8 nitrogen and oxygen atoms in total. The van der Waals surface area contributed by atoms with Gasteiger partial charge in [-0.2, -0.15) is 0 Å². The summed E-state index contributed by atoms with van der Waals surface area (Å²) in [7, 11) is -8.16. The Hall–Kier alpha value is -3.02. The Labute approximate surface area is 185 Å². The van der Waals surface area contributed by atoms with E-state index >= 15 is 0 Å². The number of nitrogens with one attached hydrogen (secondary N) is 1. The molecule has 1 aliphatic heterocycles. The number of sulfonamides is 1. The summed E-state index contributed by atoms with van der Waals surface area (Å²) in [6.07, 6.45) is 2.83. The van der Waals surface area contributed by atoms with E-state index in [-0.39, 0.29) is 27.9 Å². The number of halogens is 1. The fraction of sp³-hybridized carbons (Fsp3) is 0.190.